The molecule has 11 heteroatoms. The average molecular weight is 483 g/mol. The van der Waals surface area contributed by atoms with Crippen molar-refractivity contribution in [1.82, 2.24) is 24.6 Å². The number of fused-ring (bicyclic) bond motifs is 1. The Kier molecular flexibility index (Phi) is 7.06. The number of benzene rings is 1. The summed E-state index contributed by atoms with van der Waals surface area (Å²) in [5.74, 6) is -0.678. The lowest BCUT2D eigenvalue weighted by atomic mass is 9.97. The van der Waals surface area contributed by atoms with Crippen LogP contribution in [0, 0.1) is 5.82 Å². The number of halogens is 1. The molecule has 3 heterocycles. The van der Waals surface area contributed by atoms with E-state index in [-0.39, 0.29) is 36.7 Å². The van der Waals surface area contributed by atoms with Crippen LogP contribution in [-0.2, 0) is 17.7 Å². The number of carbonyl (C=O) groups is 2. The Hall–Kier alpha value is -3.86. The van der Waals surface area contributed by atoms with Gasteiger partial charge in [-0.3, -0.25) is 4.79 Å². The van der Waals surface area contributed by atoms with Crippen molar-refractivity contribution in [3.63, 3.8) is 0 Å². The Morgan fingerprint density at radius 1 is 1.23 bits per heavy atom. The number of carbonyl (C=O) groups excluding carboxylic acids is 2. The molecule has 0 radical (unpaired) electrons. The lowest BCUT2D eigenvalue weighted by Gasteiger charge is -2.29. The van der Waals surface area contributed by atoms with Gasteiger partial charge in [0.15, 0.2) is 5.82 Å². The summed E-state index contributed by atoms with van der Waals surface area (Å²) in [6, 6.07) is 7.52. The number of aliphatic hydroxyl groups is 1. The maximum absolute atomic E-state index is 14.8. The van der Waals surface area contributed by atoms with Gasteiger partial charge in [0.25, 0.3) is 5.91 Å². The van der Waals surface area contributed by atoms with Crippen molar-refractivity contribution < 1.29 is 23.8 Å². The molecule has 3 aromatic rings. The van der Waals surface area contributed by atoms with Crippen molar-refractivity contribution in [1.29, 1.82) is 0 Å². The number of amides is 2. The zero-order valence-electron chi connectivity index (χ0n) is 19.7. The lowest BCUT2D eigenvalue weighted by molar-refractivity contribution is 0.0730. The Balaban J connectivity index is 1.54. The minimum atomic E-state index is -0.665. The highest BCUT2D eigenvalue weighted by Gasteiger charge is 2.25. The van der Waals surface area contributed by atoms with Crippen LogP contribution in [0.5, 0.6) is 0 Å². The number of anilines is 1. The van der Waals surface area contributed by atoms with E-state index in [1.165, 1.54) is 23.4 Å². The highest BCUT2D eigenvalue weighted by molar-refractivity contribution is 6.04. The fourth-order valence-electron chi connectivity index (χ4n) is 3.83. The molecule has 2 aromatic heterocycles. The van der Waals surface area contributed by atoms with Gasteiger partial charge in [-0.15, -0.1) is 10.2 Å². The fraction of sp³-hybridized carbons (Fsp3) is 0.375. The van der Waals surface area contributed by atoms with Gasteiger partial charge >= 0.3 is 6.09 Å². The van der Waals surface area contributed by atoms with Gasteiger partial charge in [0.1, 0.15) is 23.7 Å². The number of rotatable bonds is 6. The van der Waals surface area contributed by atoms with Crippen molar-refractivity contribution in [3.05, 3.63) is 59.2 Å². The summed E-state index contributed by atoms with van der Waals surface area (Å²) >= 11 is 0. The molecule has 1 atom stereocenters. The first-order valence-corrected chi connectivity index (χ1v) is 11.3. The molecule has 1 aliphatic heterocycles. The summed E-state index contributed by atoms with van der Waals surface area (Å²) in [6.07, 6.45) is 1.27. The topological polar surface area (TPSA) is 122 Å². The molecule has 0 spiro atoms. The van der Waals surface area contributed by atoms with Crippen LogP contribution in [0.25, 0.3) is 11.5 Å². The molecule has 0 saturated heterocycles. The molecule has 35 heavy (non-hydrogen) atoms. The third-order valence-electron chi connectivity index (χ3n) is 5.67. The summed E-state index contributed by atoms with van der Waals surface area (Å²) in [7, 11) is 0. The summed E-state index contributed by atoms with van der Waals surface area (Å²) in [4.78, 5) is 31.2. The van der Waals surface area contributed by atoms with Crippen LogP contribution < -0.4 is 5.32 Å². The molecule has 0 fully saturated rings. The number of aromatic nitrogens is 4. The van der Waals surface area contributed by atoms with Crippen LogP contribution in [0.1, 0.15) is 48.3 Å². The third-order valence-corrected chi connectivity index (χ3v) is 5.67. The summed E-state index contributed by atoms with van der Waals surface area (Å²) in [5.41, 5.74) is 1.74. The molecule has 0 saturated carbocycles. The van der Waals surface area contributed by atoms with Crippen molar-refractivity contribution in [2.75, 3.05) is 18.5 Å². The molecule has 2 N–H and O–H groups in total. The zero-order valence-corrected chi connectivity index (χ0v) is 19.7. The first-order valence-electron chi connectivity index (χ1n) is 11.3. The molecule has 1 aromatic carbocycles. The number of nitrogens with zero attached hydrogens (tertiary/aromatic N) is 5. The van der Waals surface area contributed by atoms with Gasteiger partial charge in [0.05, 0.1) is 24.3 Å². The van der Waals surface area contributed by atoms with Crippen LogP contribution in [0.2, 0.25) is 0 Å². The van der Waals surface area contributed by atoms with E-state index < -0.39 is 17.8 Å². The van der Waals surface area contributed by atoms with Gasteiger partial charge in [-0.1, -0.05) is 6.07 Å². The summed E-state index contributed by atoms with van der Waals surface area (Å²) in [5, 5.41) is 20.0. The second kappa shape index (κ2) is 10.2. The third kappa shape index (κ3) is 5.29. The molecule has 184 valence electrons. The number of hydrogen-bond acceptors (Lipinski definition) is 7. The molecule has 10 nitrogen and oxygen atoms in total. The van der Waals surface area contributed by atoms with E-state index in [4.69, 9.17) is 4.74 Å². The highest BCUT2D eigenvalue weighted by atomic mass is 19.1. The zero-order chi connectivity index (χ0) is 25.1. The molecule has 0 aliphatic carbocycles. The smallest absolute Gasteiger partial charge is 0.410 e. The fourth-order valence-corrected chi connectivity index (χ4v) is 3.83. The van der Waals surface area contributed by atoms with Gasteiger partial charge in [-0.25, -0.2) is 14.2 Å². The second-order valence-corrected chi connectivity index (χ2v) is 8.66. The Bertz CT molecular complexity index is 1240. The van der Waals surface area contributed by atoms with Gasteiger partial charge in [-0.05, 0) is 62.6 Å². The van der Waals surface area contributed by atoms with Crippen molar-refractivity contribution in [2.24, 2.45) is 0 Å². The van der Waals surface area contributed by atoms with Gasteiger partial charge in [0, 0.05) is 13.1 Å². The number of nitrogens with one attached hydrogen (secondary N) is 1. The highest BCUT2D eigenvalue weighted by Crippen LogP contribution is 2.25. The normalized spacial score (nSPS) is 13.9. The average Bonchev–Trinajstić information content (AvgIpc) is 3.32. The standard InChI is InChI=1S/C24H27FN6O4/c1-14(2)35-24(34)30-8-7-16-10-19(25)18(9-17(16)11-30)23(33)28-21-6-4-5-20(27-21)22-29-26-13-31(22)15(3)12-32/h4-6,9-10,13-15,32H,7-8,11-12H2,1-3H3,(H,27,28,33)/t15-/m1/s1. The minimum Gasteiger partial charge on any atom is -0.447 e. The first-order chi connectivity index (χ1) is 16.8. The number of aliphatic hydroxyl groups excluding tert-OH is 1. The van der Waals surface area contributed by atoms with Gasteiger partial charge in [0.2, 0.25) is 0 Å². The van der Waals surface area contributed by atoms with Crippen LogP contribution in [-0.4, -0.2) is 61.0 Å². The maximum Gasteiger partial charge on any atom is 0.410 e. The van der Waals surface area contributed by atoms with E-state index in [9.17, 15) is 19.1 Å². The maximum atomic E-state index is 14.8. The molecule has 1 aliphatic rings. The Morgan fingerprint density at radius 3 is 2.77 bits per heavy atom. The van der Waals surface area contributed by atoms with E-state index in [2.05, 4.69) is 20.5 Å². The van der Waals surface area contributed by atoms with Crippen molar-refractivity contribution in [2.45, 2.75) is 45.9 Å². The molecular weight excluding hydrogens is 455 g/mol. The number of pyridine rings is 1. The summed E-state index contributed by atoms with van der Waals surface area (Å²) in [6.45, 7) is 5.89. The van der Waals surface area contributed by atoms with Crippen LogP contribution in [0.4, 0.5) is 15.0 Å². The molecule has 0 unspecified atom stereocenters. The minimum absolute atomic E-state index is 0.105. The summed E-state index contributed by atoms with van der Waals surface area (Å²) < 4.78 is 21.7. The Labute approximate surface area is 201 Å². The van der Waals surface area contributed by atoms with Crippen molar-refractivity contribution >= 4 is 17.8 Å². The van der Waals surface area contributed by atoms with Crippen LogP contribution >= 0.6 is 0 Å². The predicted molar refractivity (Wildman–Crippen MR) is 125 cm³/mol. The molecule has 2 amide bonds. The largest absolute Gasteiger partial charge is 0.447 e. The van der Waals surface area contributed by atoms with Crippen LogP contribution in [0.15, 0.2) is 36.7 Å². The van der Waals surface area contributed by atoms with E-state index >= 15 is 0 Å². The van der Waals surface area contributed by atoms with E-state index in [0.29, 0.717) is 30.0 Å². The number of hydrogen-bond donors (Lipinski definition) is 2. The predicted octanol–water partition coefficient (Wildman–Crippen LogP) is 3.19. The SMILES string of the molecule is CC(C)OC(=O)N1CCc2cc(F)c(C(=O)Nc3cccc(-c4nncn4[C@H](C)CO)n3)cc2C1. The first kappa shape index (κ1) is 24.3. The van der Waals surface area contributed by atoms with E-state index in [1.807, 2.05) is 0 Å². The number of ether oxygens (including phenoxy) is 1. The quantitative estimate of drug-likeness (QED) is 0.553. The van der Waals surface area contributed by atoms with Gasteiger partial charge in [-0.2, -0.15) is 0 Å². The lowest BCUT2D eigenvalue weighted by Crippen LogP contribution is -2.37. The monoisotopic (exact) mass is 482 g/mol. The second-order valence-electron chi connectivity index (χ2n) is 8.66. The molecular formula is C24H27FN6O4. The Morgan fingerprint density at radius 2 is 2.03 bits per heavy atom. The van der Waals surface area contributed by atoms with Crippen molar-refractivity contribution in [3.8, 4) is 11.5 Å². The molecule has 4 rings (SSSR count). The van der Waals surface area contributed by atoms with E-state index in [0.717, 1.165) is 5.56 Å². The van der Waals surface area contributed by atoms with Crippen LogP contribution in [0.3, 0.4) is 0 Å². The van der Waals surface area contributed by atoms with E-state index in [1.54, 1.807) is 43.5 Å². The van der Waals surface area contributed by atoms with Gasteiger partial charge < -0.3 is 24.6 Å². The molecule has 0 bridgehead atoms.